The Morgan fingerprint density at radius 2 is 1.96 bits per heavy atom. The van der Waals surface area contributed by atoms with Crippen LogP contribution in [0.3, 0.4) is 0 Å². The molecule has 2 N–H and O–H groups in total. The Kier molecular flexibility index (Phi) is 4.49. The molecule has 0 atom stereocenters. The number of rotatable bonds is 5. The van der Waals surface area contributed by atoms with Crippen LogP contribution in [0.5, 0.6) is 0 Å². The van der Waals surface area contributed by atoms with Crippen LogP contribution in [0.1, 0.15) is 18.6 Å². The summed E-state index contributed by atoms with van der Waals surface area (Å²) in [5.74, 6) is -1.06. The van der Waals surface area contributed by atoms with E-state index in [-0.39, 0.29) is 22.6 Å². The maximum absolute atomic E-state index is 15.1. The summed E-state index contributed by atoms with van der Waals surface area (Å²) in [4.78, 5) is 0. The normalized spacial score (nSPS) is 14.5. The zero-order valence-corrected chi connectivity index (χ0v) is 17.0. The molecule has 0 amide bonds. The maximum atomic E-state index is 15.1. The van der Waals surface area contributed by atoms with Gasteiger partial charge in [-0.25, -0.2) is 17.2 Å². The van der Waals surface area contributed by atoms with Crippen LogP contribution >= 0.6 is 22.6 Å². The van der Waals surface area contributed by atoms with Crippen molar-refractivity contribution in [2.45, 2.75) is 25.0 Å². The molecule has 1 aliphatic rings. The van der Waals surface area contributed by atoms with E-state index in [1.54, 1.807) is 13.0 Å². The maximum Gasteiger partial charge on any atom is 0.235 e. The van der Waals surface area contributed by atoms with Gasteiger partial charge in [-0.05, 0) is 66.6 Å². The Bertz CT molecular complexity index is 1160. The summed E-state index contributed by atoms with van der Waals surface area (Å²) in [6, 6.07) is 5.83. The number of fused-ring (bicyclic) bond motifs is 1. The number of aryl methyl sites for hydroxylation is 1. The van der Waals surface area contributed by atoms with E-state index in [1.807, 2.05) is 22.6 Å². The fourth-order valence-corrected chi connectivity index (χ4v) is 4.55. The largest absolute Gasteiger partial charge is 0.360 e. The van der Waals surface area contributed by atoms with Crippen LogP contribution in [0, 0.1) is 22.1 Å². The highest BCUT2D eigenvalue weighted by Crippen LogP contribution is 2.38. The van der Waals surface area contributed by atoms with Crippen LogP contribution in [-0.2, 0) is 10.0 Å². The van der Waals surface area contributed by atoms with Gasteiger partial charge in [-0.3, -0.25) is 4.72 Å². The fourth-order valence-electron chi connectivity index (χ4n) is 2.70. The number of halogens is 3. The van der Waals surface area contributed by atoms with E-state index < -0.39 is 26.9 Å². The molecule has 4 rings (SSSR count). The lowest BCUT2D eigenvalue weighted by Gasteiger charge is -2.16. The van der Waals surface area contributed by atoms with Gasteiger partial charge < -0.3 is 9.84 Å². The highest BCUT2D eigenvalue weighted by molar-refractivity contribution is 14.1. The van der Waals surface area contributed by atoms with Gasteiger partial charge in [-0.2, -0.15) is 0 Å². The quantitative estimate of drug-likeness (QED) is 0.493. The molecule has 2 aromatic carbocycles. The topological polar surface area (TPSA) is 84.2 Å². The summed E-state index contributed by atoms with van der Waals surface area (Å²) in [5, 5.41) is 6.18. The van der Waals surface area contributed by atoms with Crippen LogP contribution in [0.15, 0.2) is 28.8 Å². The van der Waals surface area contributed by atoms with Gasteiger partial charge in [-0.15, -0.1) is 0 Å². The third-order valence-electron chi connectivity index (χ3n) is 4.30. The molecule has 142 valence electrons. The summed E-state index contributed by atoms with van der Waals surface area (Å²) >= 11 is 1.96. The molecule has 1 aliphatic carbocycles. The van der Waals surface area contributed by atoms with Crippen LogP contribution in [0.2, 0.25) is 0 Å². The summed E-state index contributed by atoms with van der Waals surface area (Å²) < 4.78 is 62.2. The van der Waals surface area contributed by atoms with Gasteiger partial charge >= 0.3 is 0 Å². The van der Waals surface area contributed by atoms with Crippen molar-refractivity contribution in [3.05, 3.63) is 45.2 Å². The number of anilines is 3. The Hall–Kier alpha value is -1.95. The van der Waals surface area contributed by atoms with Crippen molar-refractivity contribution in [3.8, 4) is 0 Å². The molecule has 0 saturated heterocycles. The van der Waals surface area contributed by atoms with Gasteiger partial charge in [0.15, 0.2) is 11.3 Å². The van der Waals surface area contributed by atoms with Crippen molar-refractivity contribution < 1.29 is 21.7 Å². The SMILES string of the molecule is Cc1onc2c(F)c(Nc3ccc(I)cc3F)c(NS(=O)(=O)C3CC3)cc12. The first-order valence-electron chi connectivity index (χ1n) is 8.08. The van der Waals surface area contributed by atoms with E-state index in [0.717, 1.165) is 0 Å². The molecule has 0 aliphatic heterocycles. The summed E-state index contributed by atoms with van der Waals surface area (Å²) in [6.45, 7) is 1.60. The second-order valence-corrected chi connectivity index (χ2v) is 9.55. The molecular formula is C17H14F2IN3O3S. The number of nitrogens with zero attached hydrogens (tertiary/aromatic N) is 1. The van der Waals surface area contributed by atoms with E-state index in [0.29, 0.717) is 27.6 Å². The average molecular weight is 505 g/mol. The first kappa shape index (κ1) is 18.4. The summed E-state index contributed by atoms with van der Waals surface area (Å²) in [7, 11) is -3.66. The molecule has 0 spiro atoms. The Labute approximate surface area is 167 Å². The predicted molar refractivity (Wildman–Crippen MR) is 107 cm³/mol. The standard InChI is InChI=1S/C17H14F2IN3O3S/c1-8-11-7-14(23-27(24,25)10-3-4-10)17(15(19)16(11)22-26-8)21-13-5-2-9(20)6-12(13)18/h2,5-7,10,21,23H,3-4H2,1H3. The molecule has 10 heteroatoms. The fraction of sp³-hybridized carbons (Fsp3) is 0.235. The van der Waals surface area contributed by atoms with Crippen molar-refractivity contribution in [3.63, 3.8) is 0 Å². The van der Waals surface area contributed by atoms with Crippen LogP contribution in [-0.4, -0.2) is 18.8 Å². The molecule has 1 fully saturated rings. The molecule has 1 aromatic heterocycles. The van der Waals surface area contributed by atoms with Crippen molar-refractivity contribution in [2.75, 3.05) is 10.0 Å². The third kappa shape index (κ3) is 3.47. The zero-order chi connectivity index (χ0) is 19.3. The minimum absolute atomic E-state index is 0.0146. The van der Waals surface area contributed by atoms with Crippen LogP contribution < -0.4 is 10.0 Å². The molecular weight excluding hydrogens is 491 g/mol. The number of hydrogen-bond acceptors (Lipinski definition) is 5. The number of benzene rings is 2. The molecule has 0 bridgehead atoms. The lowest BCUT2D eigenvalue weighted by Crippen LogP contribution is -2.18. The Morgan fingerprint density at radius 3 is 2.63 bits per heavy atom. The van der Waals surface area contributed by atoms with Crippen molar-refractivity contribution in [1.29, 1.82) is 0 Å². The van der Waals surface area contributed by atoms with Crippen molar-refractivity contribution in [2.24, 2.45) is 0 Å². The lowest BCUT2D eigenvalue weighted by molar-refractivity contribution is 0.403. The smallest absolute Gasteiger partial charge is 0.235 e. The highest BCUT2D eigenvalue weighted by Gasteiger charge is 2.36. The summed E-state index contributed by atoms with van der Waals surface area (Å²) in [6.07, 6.45) is 1.11. The molecule has 27 heavy (non-hydrogen) atoms. The van der Waals surface area contributed by atoms with Gasteiger partial charge in [0, 0.05) is 8.96 Å². The molecule has 0 radical (unpaired) electrons. The molecule has 6 nitrogen and oxygen atoms in total. The van der Waals surface area contributed by atoms with E-state index in [4.69, 9.17) is 4.52 Å². The first-order chi connectivity index (χ1) is 12.8. The van der Waals surface area contributed by atoms with E-state index in [1.165, 1.54) is 18.2 Å². The van der Waals surface area contributed by atoms with E-state index in [9.17, 15) is 12.8 Å². The minimum atomic E-state index is -3.66. The van der Waals surface area contributed by atoms with Crippen molar-refractivity contribution >= 4 is 60.6 Å². The van der Waals surface area contributed by atoms with Crippen molar-refractivity contribution in [1.82, 2.24) is 5.16 Å². The lowest BCUT2D eigenvalue weighted by atomic mass is 10.1. The van der Waals surface area contributed by atoms with Gasteiger partial charge in [0.25, 0.3) is 0 Å². The van der Waals surface area contributed by atoms with Gasteiger partial charge in [0.05, 0.1) is 16.6 Å². The Balaban J connectivity index is 1.85. The Morgan fingerprint density at radius 1 is 1.22 bits per heavy atom. The number of nitrogens with one attached hydrogen (secondary N) is 2. The third-order valence-corrected chi connectivity index (χ3v) is 6.82. The zero-order valence-electron chi connectivity index (χ0n) is 14.0. The molecule has 3 aromatic rings. The molecule has 1 saturated carbocycles. The van der Waals surface area contributed by atoms with E-state index >= 15 is 4.39 Å². The average Bonchev–Trinajstić information content (AvgIpc) is 3.39. The molecule has 1 heterocycles. The monoisotopic (exact) mass is 505 g/mol. The van der Waals surface area contributed by atoms with E-state index in [2.05, 4.69) is 15.2 Å². The second kappa shape index (κ2) is 6.59. The summed E-state index contributed by atoms with van der Waals surface area (Å²) in [5.41, 5.74) is -0.271. The number of hydrogen-bond donors (Lipinski definition) is 2. The second-order valence-electron chi connectivity index (χ2n) is 6.34. The number of sulfonamides is 1. The van der Waals surface area contributed by atoms with Gasteiger partial charge in [-0.1, -0.05) is 5.16 Å². The number of aromatic nitrogens is 1. The van der Waals surface area contributed by atoms with Crippen LogP contribution in [0.25, 0.3) is 10.9 Å². The minimum Gasteiger partial charge on any atom is -0.360 e. The molecule has 0 unspecified atom stereocenters. The van der Waals surface area contributed by atoms with Gasteiger partial charge in [0.1, 0.15) is 17.3 Å². The van der Waals surface area contributed by atoms with Crippen LogP contribution in [0.4, 0.5) is 25.8 Å². The van der Waals surface area contributed by atoms with Gasteiger partial charge in [0.2, 0.25) is 10.0 Å². The highest BCUT2D eigenvalue weighted by atomic mass is 127. The predicted octanol–water partition coefficient (Wildman–Crippen LogP) is 4.67. The first-order valence-corrected chi connectivity index (χ1v) is 10.7.